The van der Waals surface area contributed by atoms with Crippen molar-refractivity contribution in [2.24, 2.45) is 0 Å². The second kappa shape index (κ2) is 6.50. The first-order chi connectivity index (χ1) is 10.3. The lowest BCUT2D eigenvalue weighted by Crippen LogP contribution is -2.11. The summed E-state index contributed by atoms with van der Waals surface area (Å²) in [6, 6.07) is 3.50. The number of carbonyl (C=O) groups is 1. The predicted octanol–water partition coefficient (Wildman–Crippen LogP) is 4.55. The molecule has 0 aliphatic rings. The molecule has 1 heterocycles. The van der Waals surface area contributed by atoms with E-state index in [1.54, 1.807) is 6.07 Å². The Bertz CT molecular complexity index is 828. The number of methoxy groups -OCH3 is 1. The Labute approximate surface area is 152 Å². The first-order valence-corrected chi connectivity index (χ1v) is 8.00. The minimum Gasteiger partial charge on any atom is -0.464 e. The van der Waals surface area contributed by atoms with Gasteiger partial charge in [0.15, 0.2) is 5.69 Å². The van der Waals surface area contributed by atoms with E-state index in [1.807, 2.05) is 6.07 Å². The van der Waals surface area contributed by atoms with Gasteiger partial charge in [0.1, 0.15) is 6.07 Å². The second-order valence-corrected chi connectivity index (χ2v) is 6.47. The van der Waals surface area contributed by atoms with E-state index >= 15 is 0 Å². The first-order valence-electron chi connectivity index (χ1n) is 5.66. The highest BCUT2D eigenvalue weighted by molar-refractivity contribution is 9.11. The number of hydrogen-bond acceptors (Lipinski definition) is 4. The maximum absolute atomic E-state index is 12.0. The average molecular weight is 468 g/mol. The standard InChI is InChI=1S/C13H7Br2Cl2N3O2/c1-22-13(21)12-11(19)5(3-18)4-20(12)7-2-6(16)8(14)10(17)9(7)15/h2,4H,19H2,1H3. The number of nitrogens with two attached hydrogens (primary N) is 1. The van der Waals surface area contributed by atoms with E-state index in [9.17, 15) is 4.79 Å². The van der Waals surface area contributed by atoms with Crippen molar-refractivity contribution < 1.29 is 9.53 Å². The third-order valence-electron chi connectivity index (χ3n) is 2.89. The summed E-state index contributed by atoms with van der Waals surface area (Å²) in [6.45, 7) is 0. The molecule has 0 atom stereocenters. The maximum Gasteiger partial charge on any atom is 0.357 e. The zero-order valence-electron chi connectivity index (χ0n) is 11.0. The Balaban J connectivity index is 2.85. The number of nitrogens with zero attached hydrogens (tertiary/aromatic N) is 2. The maximum atomic E-state index is 12.0. The molecule has 114 valence electrons. The summed E-state index contributed by atoms with van der Waals surface area (Å²) in [5, 5.41) is 9.77. The van der Waals surface area contributed by atoms with Crippen LogP contribution in [0.5, 0.6) is 0 Å². The molecule has 0 amide bonds. The van der Waals surface area contributed by atoms with Crippen molar-refractivity contribution >= 4 is 66.7 Å². The Morgan fingerprint density at radius 2 is 2.05 bits per heavy atom. The highest BCUT2D eigenvalue weighted by Gasteiger charge is 2.24. The molecular formula is C13H7Br2Cl2N3O2. The number of esters is 1. The van der Waals surface area contributed by atoms with Gasteiger partial charge < -0.3 is 15.0 Å². The van der Waals surface area contributed by atoms with Gasteiger partial charge >= 0.3 is 5.97 Å². The van der Waals surface area contributed by atoms with Crippen molar-refractivity contribution in [3.63, 3.8) is 0 Å². The van der Waals surface area contributed by atoms with Crippen molar-refractivity contribution in [3.05, 3.63) is 42.5 Å². The van der Waals surface area contributed by atoms with Gasteiger partial charge in [-0.2, -0.15) is 5.26 Å². The summed E-state index contributed by atoms with van der Waals surface area (Å²) in [5.41, 5.74) is 6.49. The zero-order valence-corrected chi connectivity index (χ0v) is 15.6. The summed E-state index contributed by atoms with van der Waals surface area (Å²) in [7, 11) is 1.22. The van der Waals surface area contributed by atoms with Crippen molar-refractivity contribution in [3.8, 4) is 11.8 Å². The summed E-state index contributed by atoms with van der Waals surface area (Å²) >= 11 is 18.9. The molecule has 0 saturated heterocycles. The number of rotatable bonds is 2. The van der Waals surface area contributed by atoms with Crippen LogP contribution in [0.3, 0.4) is 0 Å². The van der Waals surface area contributed by atoms with E-state index in [4.69, 9.17) is 38.9 Å². The van der Waals surface area contributed by atoms with Gasteiger partial charge in [0.05, 0.1) is 43.0 Å². The minimum absolute atomic E-state index is 0.0224. The molecule has 0 fully saturated rings. The van der Waals surface area contributed by atoms with E-state index in [-0.39, 0.29) is 16.9 Å². The molecule has 2 N–H and O–H groups in total. The van der Waals surface area contributed by atoms with Gasteiger partial charge in [-0.25, -0.2) is 4.79 Å². The predicted molar refractivity (Wildman–Crippen MR) is 91.7 cm³/mol. The van der Waals surface area contributed by atoms with Gasteiger partial charge in [-0.3, -0.25) is 0 Å². The molecule has 1 aromatic carbocycles. The summed E-state index contributed by atoms with van der Waals surface area (Å²) in [5.74, 6) is -0.680. The molecular weight excluding hydrogens is 461 g/mol. The summed E-state index contributed by atoms with van der Waals surface area (Å²) in [4.78, 5) is 12.0. The third kappa shape index (κ3) is 2.72. The van der Waals surface area contributed by atoms with E-state index in [0.29, 0.717) is 24.7 Å². The summed E-state index contributed by atoms with van der Waals surface area (Å²) < 4.78 is 7.12. The molecule has 0 aliphatic carbocycles. The number of nitriles is 1. The second-order valence-electron chi connectivity index (χ2n) is 4.10. The van der Waals surface area contributed by atoms with E-state index in [2.05, 4.69) is 31.9 Å². The molecule has 1 aromatic heterocycles. The van der Waals surface area contributed by atoms with E-state index < -0.39 is 5.97 Å². The van der Waals surface area contributed by atoms with Gasteiger partial charge in [0, 0.05) is 6.20 Å². The van der Waals surface area contributed by atoms with Crippen LogP contribution in [0, 0.1) is 11.3 Å². The smallest absolute Gasteiger partial charge is 0.357 e. The molecule has 0 bridgehead atoms. The Hall–Kier alpha value is -1.20. The molecule has 0 saturated carbocycles. The number of hydrogen-bond donors (Lipinski definition) is 1. The lowest BCUT2D eigenvalue weighted by atomic mass is 10.2. The molecule has 0 aliphatic heterocycles. The highest BCUT2D eigenvalue weighted by Crippen LogP contribution is 2.41. The fourth-order valence-electron chi connectivity index (χ4n) is 1.84. The van der Waals surface area contributed by atoms with Crippen LogP contribution >= 0.6 is 55.1 Å². The van der Waals surface area contributed by atoms with Gasteiger partial charge in [0.25, 0.3) is 0 Å². The van der Waals surface area contributed by atoms with Gasteiger partial charge in [0.2, 0.25) is 0 Å². The minimum atomic E-state index is -0.680. The third-order valence-corrected chi connectivity index (χ3v) is 5.87. The molecule has 0 spiro atoms. The van der Waals surface area contributed by atoms with Gasteiger partial charge in [-0.05, 0) is 37.9 Å². The van der Waals surface area contributed by atoms with Crippen LogP contribution in [-0.4, -0.2) is 17.6 Å². The van der Waals surface area contributed by atoms with Crippen molar-refractivity contribution in [1.82, 2.24) is 4.57 Å². The number of anilines is 1. The largest absolute Gasteiger partial charge is 0.464 e. The van der Waals surface area contributed by atoms with Crippen LogP contribution in [0.1, 0.15) is 16.1 Å². The average Bonchev–Trinajstić information content (AvgIpc) is 2.84. The van der Waals surface area contributed by atoms with Crippen LogP contribution in [0.25, 0.3) is 5.69 Å². The number of halogens is 4. The number of carbonyl (C=O) groups excluding carboxylic acids is 1. The summed E-state index contributed by atoms with van der Waals surface area (Å²) in [6.07, 6.45) is 1.42. The van der Waals surface area contributed by atoms with Crippen LogP contribution in [0.15, 0.2) is 21.2 Å². The van der Waals surface area contributed by atoms with Crippen molar-refractivity contribution in [2.45, 2.75) is 0 Å². The van der Waals surface area contributed by atoms with E-state index in [1.165, 1.54) is 17.9 Å². The number of ether oxygens (including phenoxy) is 1. The monoisotopic (exact) mass is 465 g/mol. The molecule has 22 heavy (non-hydrogen) atoms. The number of nitrogen functional groups attached to an aromatic ring is 1. The molecule has 2 rings (SSSR count). The SMILES string of the molecule is COC(=O)c1c(N)c(C#N)cn1-c1cc(Cl)c(Br)c(Cl)c1Br. The number of aromatic nitrogens is 1. The Kier molecular flexibility index (Phi) is 5.07. The normalized spacial score (nSPS) is 10.4. The number of benzene rings is 1. The van der Waals surface area contributed by atoms with Crippen LogP contribution in [-0.2, 0) is 4.74 Å². The first kappa shape index (κ1) is 17.2. The fourth-order valence-corrected chi connectivity index (χ4v) is 3.37. The molecule has 0 radical (unpaired) electrons. The highest BCUT2D eigenvalue weighted by atomic mass is 79.9. The topological polar surface area (TPSA) is 81.0 Å². The molecule has 5 nitrogen and oxygen atoms in total. The zero-order chi connectivity index (χ0) is 16.6. The Morgan fingerprint density at radius 1 is 1.41 bits per heavy atom. The van der Waals surface area contributed by atoms with Gasteiger partial charge in [-0.15, -0.1) is 0 Å². The van der Waals surface area contributed by atoms with Crippen molar-refractivity contribution in [1.29, 1.82) is 5.26 Å². The van der Waals surface area contributed by atoms with Crippen LogP contribution in [0.2, 0.25) is 10.0 Å². The lowest BCUT2D eigenvalue weighted by molar-refractivity contribution is 0.0593. The van der Waals surface area contributed by atoms with Crippen LogP contribution < -0.4 is 5.73 Å². The molecule has 0 unspecified atom stereocenters. The lowest BCUT2D eigenvalue weighted by Gasteiger charge is -2.13. The fraction of sp³-hybridized carbons (Fsp3) is 0.0769. The van der Waals surface area contributed by atoms with Crippen LogP contribution in [0.4, 0.5) is 5.69 Å². The van der Waals surface area contributed by atoms with E-state index in [0.717, 1.165) is 0 Å². The quantitative estimate of drug-likeness (QED) is 0.399. The van der Waals surface area contributed by atoms with Crippen molar-refractivity contribution in [2.75, 3.05) is 12.8 Å². The molecule has 2 aromatic rings. The van der Waals surface area contributed by atoms with Gasteiger partial charge in [-0.1, -0.05) is 23.2 Å². The Morgan fingerprint density at radius 3 is 2.59 bits per heavy atom. The molecule has 9 heteroatoms.